The van der Waals surface area contributed by atoms with Crippen molar-refractivity contribution < 1.29 is 13.2 Å². The molecule has 0 aliphatic carbocycles. The molecule has 106 valence electrons. The first-order valence-electron chi connectivity index (χ1n) is 5.90. The summed E-state index contributed by atoms with van der Waals surface area (Å²) in [5.41, 5.74) is 6.32. The molecule has 3 N–H and O–H groups in total. The first kappa shape index (κ1) is 16.0. The van der Waals surface area contributed by atoms with Gasteiger partial charge in [-0.25, -0.2) is 13.1 Å². The van der Waals surface area contributed by atoms with E-state index < -0.39 is 10.0 Å². The highest BCUT2D eigenvalue weighted by molar-refractivity contribution is 7.89. The summed E-state index contributed by atoms with van der Waals surface area (Å²) in [6, 6.07) is 6.49. The van der Waals surface area contributed by atoms with Crippen molar-refractivity contribution in [3.8, 4) is 0 Å². The molecule has 0 spiro atoms. The molecule has 1 rings (SSSR count). The first-order valence-corrected chi connectivity index (χ1v) is 7.79. The molecule has 1 aromatic rings. The fourth-order valence-corrected chi connectivity index (χ4v) is 2.64. The molecule has 5 nitrogen and oxygen atoms in total. The Kier molecular flexibility index (Phi) is 6.36. The van der Waals surface area contributed by atoms with Gasteiger partial charge in [0.15, 0.2) is 0 Å². The van der Waals surface area contributed by atoms with Gasteiger partial charge in [0.1, 0.15) is 0 Å². The maximum atomic E-state index is 11.9. The molecule has 0 bridgehead atoms. The summed E-state index contributed by atoms with van der Waals surface area (Å²) in [4.78, 5) is 0.598. The van der Waals surface area contributed by atoms with Gasteiger partial charge in [-0.2, -0.15) is 0 Å². The summed E-state index contributed by atoms with van der Waals surface area (Å²) in [5.74, 6) is 0. The number of nitrogens with two attached hydrogens (primary N) is 1. The van der Waals surface area contributed by atoms with Gasteiger partial charge in [0, 0.05) is 19.6 Å². The van der Waals surface area contributed by atoms with Gasteiger partial charge >= 0.3 is 0 Å². The van der Waals surface area contributed by atoms with Crippen molar-refractivity contribution in [2.75, 3.05) is 19.8 Å². The number of sulfonamides is 1. The molecule has 19 heavy (non-hydrogen) atoms. The van der Waals surface area contributed by atoms with Crippen molar-refractivity contribution in [1.29, 1.82) is 0 Å². The highest BCUT2D eigenvalue weighted by atomic mass is 32.2. The van der Waals surface area contributed by atoms with E-state index in [1.807, 2.05) is 6.92 Å². The number of rotatable bonds is 8. The van der Waals surface area contributed by atoms with Crippen LogP contribution >= 0.6 is 12.2 Å². The van der Waals surface area contributed by atoms with Crippen LogP contribution in [0.3, 0.4) is 0 Å². The van der Waals surface area contributed by atoms with Crippen molar-refractivity contribution >= 4 is 27.2 Å². The third-order valence-electron chi connectivity index (χ3n) is 2.35. The molecule has 0 fully saturated rings. The summed E-state index contributed by atoms with van der Waals surface area (Å²) >= 11 is 4.80. The van der Waals surface area contributed by atoms with E-state index >= 15 is 0 Å². The first-order chi connectivity index (χ1) is 8.95. The largest absolute Gasteiger partial charge is 0.393 e. The molecular formula is C12H18N2O3S2. The molecule has 7 heteroatoms. The summed E-state index contributed by atoms with van der Waals surface area (Å²) in [6.07, 6.45) is 0.466. The molecule has 0 amide bonds. The lowest BCUT2D eigenvalue weighted by atomic mass is 10.1. The zero-order chi connectivity index (χ0) is 14.3. The normalized spacial score (nSPS) is 11.4. The van der Waals surface area contributed by atoms with E-state index in [1.165, 1.54) is 12.1 Å². The number of nitrogens with one attached hydrogen (secondary N) is 1. The summed E-state index contributed by atoms with van der Waals surface area (Å²) in [5, 5.41) is 0. The Balaban J connectivity index is 2.65. The molecule has 0 aliphatic rings. The van der Waals surface area contributed by atoms with Gasteiger partial charge in [-0.15, -0.1) is 0 Å². The van der Waals surface area contributed by atoms with E-state index in [1.54, 1.807) is 12.1 Å². The quantitative estimate of drug-likeness (QED) is 0.549. The van der Waals surface area contributed by atoms with Crippen LogP contribution in [0.15, 0.2) is 29.2 Å². The lowest BCUT2D eigenvalue weighted by molar-refractivity contribution is 0.153. The van der Waals surface area contributed by atoms with Crippen molar-refractivity contribution in [3.05, 3.63) is 29.8 Å². The number of thiocarbonyl (C=S) groups is 1. The molecule has 0 unspecified atom stereocenters. The van der Waals surface area contributed by atoms with Crippen LogP contribution in [0, 0.1) is 0 Å². The summed E-state index contributed by atoms with van der Waals surface area (Å²) in [7, 11) is -3.48. The second-order valence-electron chi connectivity index (χ2n) is 3.88. The average molecular weight is 302 g/mol. The number of ether oxygens (including phenoxy) is 1. The molecule has 0 radical (unpaired) electrons. The lowest BCUT2D eigenvalue weighted by Gasteiger charge is -2.07. The Morgan fingerprint density at radius 1 is 1.37 bits per heavy atom. The van der Waals surface area contributed by atoms with Crippen LogP contribution in [0.2, 0.25) is 0 Å². The molecular weight excluding hydrogens is 284 g/mol. The maximum Gasteiger partial charge on any atom is 0.240 e. The Hall–Kier alpha value is -1.02. The van der Waals surface area contributed by atoms with Crippen LogP contribution in [0.1, 0.15) is 12.5 Å². The van der Waals surface area contributed by atoms with Crippen LogP contribution in [0.5, 0.6) is 0 Å². The van der Waals surface area contributed by atoms with Gasteiger partial charge in [0.05, 0.1) is 16.5 Å². The van der Waals surface area contributed by atoms with Gasteiger partial charge in [-0.05, 0) is 24.6 Å². The SMILES string of the molecule is CCOCCNS(=O)(=O)c1ccc(CC(N)=S)cc1. The lowest BCUT2D eigenvalue weighted by Crippen LogP contribution is -2.27. The third-order valence-corrected chi connectivity index (χ3v) is 3.98. The topological polar surface area (TPSA) is 81.4 Å². The summed E-state index contributed by atoms with van der Waals surface area (Å²) < 4.78 is 31.4. The predicted octanol–water partition coefficient (Wildman–Crippen LogP) is 0.830. The molecule has 0 atom stereocenters. The van der Waals surface area contributed by atoms with Gasteiger partial charge in [0.2, 0.25) is 10.0 Å². The Morgan fingerprint density at radius 2 is 2.00 bits per heavy atom. The Labute approximate surface area is 119 Å². The molecule has 0 saturated carbocycles. The van der Waals surface area contributed by atoms with Crippen LogP contribution in [-0.4, -0.2) is 33.2 Å². The minimum atomic E-state index is -3.48. The van der Waals surface area contributed by atoms with E-state index in [4.69, 9.17) is 22.7 Å². The maximum absolute atomic E-state index is 11.9. The van der Waals surface area contributed by atoms with Crippen LogP contribution in [0.4, 0.5) is 0 Å². The fraction of sp³-hybridized carbons (Fsp3) is 0.417. The smallest absolute Gasteiger partial charge is 0.240 e. The van der Waals surface area contributed by atoms with E-state index in [2.05, 4.69) is 4.72 Å². The van der Waals surface area contributed by atoms with Gasteiger partial charge in [0.25, 0.3) is 0 Å². The fourth-order valence-electron chi connectivity index (χ4n) is 1.46. The molecule has 1 aromatic carbocycles. The van der Waals surface area contributed by atoms with E-state index in [9.17, 15) is 8.42 Å². The third kappa shape index (κ3) is 5.65. The second kappa shape index (κ2) is 7.54. The minimum absolute atomic E-state index is 0.218. The van der Waals surface area contributed by atoms with E-state index in [0.717, 1.165) is 5.56 Å². The predicted molar refractivity (Wildman–Crippen MR) is 78.6 cm³/mol. The zero-order valence-corrected chi connectivity index (χ0v) is 12.4. The van der Waals surface area contributed by atoms with E-state index in [0.29, 0.717) is 24.6 Å². The van der Waals surface area contributed by atoms with Crippen LogP contribution in [-0.2, 0) is 21.2 Å². The number of benzene rings is 1. The van der Waals surface area contributed by atoms with Gasteiger partial charge < -0.3 is 10.5 Å². The minimum Gasteiger partial charge on any atom is -0.393 e. The monoisotopic (exact) mass is 302 g/mol. The standard InChI is InChI=1S/C12H18N2O3S2/c1-2-17-8-7-14-19(15,16)11-5-3-10(4-6-11)9-12(13)18/h3-6,14H,2,7-9H2,1H3,(H2,13,18). The second-order valence-corrected chi connectivity index (χ2v) is 6.17. The Morgan fingerprint density at radius 3 is 2.53 bits per heavy atom. The molecule has 0 aromatic heterocycles. The highest BCUT2D eigenvalue weighted by Crippen LogP contribution is 2.10. The van der Waals surface area contributed by atoms with Gasteiger partial charge in [-0.1, -0.05) is 24.4 Å². The van der Waals surface area contributed by atoms with E-state index in [-0.39, 0.29) is 11.4 Å². The number of hydrogen-bond donors (Lipinski definition) is 2. The Bertz CT molecular complexity index is 512. The highest BCUT2D eigenvalue weighted by Gasteiger charge is 2.12. The van der Waals surface area contributed by atoms with Crippen molar-refractivity contribution in [3.63, 3.8) is 0 Å². The molecule has 0 aliphatic heterocycles. The molecule has 0 heterocycles. The zero-order valence-electron chi connectivity index (χ0n) is 10.8. The van der Waals surface area contributed by atoms with Crippen LogP contribution in [0.25, 0.3) is 0 Å². The van der Waals surface area contributed by atoms with Crippen molar-refractivity contribution in [1.82, 2.24) is 4.72 Å². The summed E-state index contributed by atoms with van der Waals surface area (Å²) in [6.45, 7) is 3.03. The molecule has 0 saturated heterocycles. The van der Waals surface area contributed by atoms with Crippen LogP contribution < -0.4 is 10.5 Å². The van der Waals surface area contributed by atoms with Crippen molar-refractivity contribution in [2.45, 2.75) is 18.2 Å². The number of hydrogen-bond acceptors (Lipinski definition) is 4. The average Bonchev–Trinajstić information content (AvgIpc) is 2.35. The van der Waals surface area contributed by atoms with Crippen molar-refractivity contribution in [2.24, 2.45) is 5.73 Å². The van der Waals surface area contributed by atoms with Gasteiger partial charge in [-0.3, -0.25) is 0 Å².